The third-order valence-electron chi connectivity index (χ3n) is 4.68. The third kappa shape index (κ3) is 6.16. The number of carboxylic acids is 1. The first-order valence-corrected chi connectivity index (χ1v) is 11.7. The number of benzene rings is 2. The largest absolute Gasteiger partial charge is 0.490 e. The van der Waals surface area contributed by atoms with Crippen molar-refractivity contribution in [2.45, 2.75) is 27.7 Å². The third-order valence-corrected chi connectivity index (χ3v) is 5.69. The molecule has 33 heavy (non-hydrogen) atoms. The maximum absolute atomic E-state index is 13.0. The first kappa shape index (κ1) is 24.4. The average molecular weight is 469 g/mol. The summed E-state index contributed by atoms with van der Waals surface area (Å²) < 4.78 is 11.6. The summed E-state index contributed by atoms with van der Waals surface area (Å²) in [6, 6.07) is 11.9. The quantitative estimate of drug-likeness (QED) is 0.493. The molecule has 0 saturated carbocycles. The second-order valence-corrected chi connectivity index (χ2v) is 8.76. The van der Waals surface area contributed by atoms with E-state index in [4.69, 9.17) is 14.6 Å². The SMILES string of the molecule is CCOc1cc(/C=C2/SC(=Nc3ccc(C(=O)O)cc3)N(CC)C2=O)ccc1OCC(C)C. The monoisotopic (exact) mass is 468 g/mol. The fourth-order valence-electron chi connectivity index (χ4n) is 3.07. The standard InChI is InChI=1S/C25H28N2O5S/c1-5-27-23(28)22(33-25(27)26-19-10-8-18(9-11-19)24(29)30)14-17-7-12-20(32-15-16(3)4)21(13-17)31-6-2/h7-14,16H,5-6,15H2,1-4H3,(H,29,30)/b22-14+,26-25?. The van der Waals surface area contributed by atoms with E-state index in [1.54, 1.807) is 17.0 Å². The maximum Gasteiger partial charge on any atom is 0.335 e. The van der Waals surface area contributed by atoms with E-state index in [0.29, 0.717) is 52.9 Å². The molecule has 0 radical (unpaired) electrons. The number of hydrogen-bond acceptors (Lipinski definition) is 6. The van der Waals surface area contributed by atoms with Gasteiger partial charge < -0.3 is 14.6 Å². The molecule has 0 unspecified atom stereocenters. The summed E-state index contributed by atoms with van der Waals surface area (Å²) in [5, 5.41) is 9.61. The predicted octanol–water partition coefficient (Wildman–Crippen LogP) is 5.44. The first-order valence-electron chi connectivity index (χ1n) is 10.9. The van der Waals surface area contributed by atoms with Crippen LogP contribution in [0.25, 0.3) is 6.08 Å². The summed E-state index contributed by atoms with van der Waals surface area (Å²) in [7, 11) is 0. The van der Waals surface area contributed by atoms with E-state index in [1.807, 2.05) is 38.1 Å². The Balaban J connectivity index is 1.86. The fourth-order valence-corrected chi connectivity index (χ4v) is 4.13. The summed E-state index contributed by atoms with van der Waals surface area (Å²) in [6.45, 7) is 9.54. The lowest BCUT2D eigenvalue weighted by molar-refractivity contribution is -0.122. The smallest absolute Gasteiger partial charge is 0.335 e. The number of rotatable bonds is 9. The van der Waals surface area contributed by atoms with Crippen LogP contribution in [0.1, 0.15) is 43.6 Å². The molecule has 3 rings (SSSR count). The number of carbonyl (C=O) groups is 2. The molecule has 1 heterocycles. The number of aromatic carboxylic acids is 1. The van der Waals surface area contributed by atoms with Crippen molar-refractivity contribution in [3.05, 3.63) is 58.5 Å². The molecule has 0 aliphatic carbocycles. The topological polar surface area (TPSA) is 88.4 Å². The number of nitrogens with zero attached hydrogens (tertiary/aromatic N) is 2. The van der Waals surface area contributed by atoms with Crippen molar-refractivity contribution in [2.75, 3.05) is 19.8 Å². The Hall–Kier alpha value is -3.26. The zero-order valence-corrected chi connectivity index (χ0v) is 20.0. The van der Waals surface area contributed by atoms with Gasteiger partial charge in [-0.15, -0.1) is 0 Å². The highest BCUT2D eigenvalue weighted by molar-refractivity contribution is 8.18. The Morgan fingerprint density at radius 2 is 1.85 bits per heavy atom. The van der Waals surface area contributed by atoms with Gasteiger partial charge in [-0.2, -0.15) is 0 Å². The molecule has 1 N–H and O–H groups in total. The molecule has 174 valence electrons. The highest BCUT2D eigenvalue weighted by Crippen LogP contribution is 2.36. The number of amidine groups is 1. The summed E-state index contributed by atoms with van der Waals surface area (Å²) in [5.74, 6) is 0.600. The Bertz CT molecular complexity index is 1080. The van der Waals surface area contributed by atoms with Crippen molar-refractivity contribution in [1.82, 2.24) is 4.90 Å². The van der Waals surface area contributed by atoms with Gasteiger partial charge in [-0.25, -0.2) is 9.79 Å². The number of carboxylic acid groups (broad SMARTS) is 1. The number of aliphatic imine (C=N–C) groups is 1. The number of hydrogen-bond donors (Lipinski definition) is 1. The predicted molar refractivity (Wildman–Crippen MR) is 131 cm³/mol. The molecule has 0 spiro atoms. The minimum atomic E-state index is -0.993. The van der Waals surface area contributed by atoms with Crippen LogP contribution in [-0.4, -0.2) is 46.8 Å². The van der Waals surface area contributed by atoms with E-state index < -0.39 is 5.97 Å². The number of ether oxygens (including phenoxy) is 2. The van der Waals surface area contributed by atoms with Gasteiger partial charge in [0.2, 0.25) is 0 Å². The summed E-state index contributed by atoms with van der Waals surface area (Å²) in [6.07, 6.45) is 1.82. The van der Waals surface area contributed by atoms with Crippen LogP contribution in [0.4, 0.5) is 5.69 Å². The second-order valence-electron chi connectivity index (χ2n) is 7.75. The molecule has 1 aliphatic heterocycles. The first-order chi connectivity index (χ1) is 15.8. The van der Waals surface area contributed by atoms with Gasteiger partial charge in [-0.1, -0.05) is 19.9 Å². The highest BCUT2D eigenvalue weighted by atomic mass is 32.2. The zero-order chi connectivity index (χ0) is 24.0. The van der Waals surface area contributed by atoms with E-state index >= 15 is 0 Å². The molecule has 7 nitrogen and oxygen atoms in total. The molecule has 1 aliphatic rings. The van der Waals surface area contributed by atoms with Crippen molar-refractivity contribution in [3.63, 3.8) is 0 Å². The molecule has 1 amide bonds. The van der Waals surface area contributed by atoms with E-state index in [9.17, 15) is 9.59 Å². The molecular weight excluding hydrogens is 440 g/mol. The Labute approximate surface area is 198 Å². The van der Waals surface area contributed by atoms with Crippen molar-refractivity contribution in [3.8, 4) is 11.5 Å². The molecule has 8 heteroatoms. The Morgan fingerprint density at radius 1 is 1.12 bits per heavy atom. The average Bonchev–Trinajstić information content (AvgIpc) is 3.07. The molecule has 1 fully saturated rings. The van der Waals surface area contributed by atoms with Crippen molar-refractivity contribution < 1.29 is 24.2 Å². The molecule has 1 saturated heterocycles. The van der Waals surface area contributed by atoms with Gasteiger partial charge in [0.25, 0.3) is 5.91 Å². The Morgan fingerprint density at radius 3 is 2.45 bits per heavy atom. The number of likely N-dealkylation sites (N-methyl/N-ethyl adjacent to an activating group) is 1. The lowest BCUT2D eigenvalue weighted by Gasteiger charge is -2.14. The second kappa shape index (κ2) is 11.0. The summed E-state index contributed by atoms with van der Waals surface area (Å²) in [4.78, 5) is 30.7. The van der Waals surface area contributed by atoms with E-state index in [1.165, 1.54) is 23.9 Å². The van der Waals surface area contributed by atoms with Gasteiger partial charge in [0.1, 0.15) is 0 Å². The van der Waals surface area contributed by atoms with Crippen LogP contribution in [0.3, 0.4) is 0 Å². The van der Waals surface area contributed by atoms with E-state index in [2.05, 4.69) is 18.8 Å². The lowest BCUT2D eigenvalue weighted by atomic mass is 10.1. The van der Waals surface area contributed by atoms with Gasteiger partial charge in [-0.05, 0) is 79.6 Å². The van der Waals surface area contributed by atoms with Crippen LogP contribution in [-0.2, 0) is 4.79 Å². The van der Waals surface area contributed by atoms with Gasteiger partial charge >= 0.3 is 5.97 Å². The van der Waals surface area contributed by atoms with Crippen LogP contribution < -0.4 is 9.47 Å². The number of carbonyl (C=O) groups excluding carboxylic acids is 1. The fraction of sp³-hybridized carbons (Fsp3) is 0.320. The molecule has 0 atom stereocenters. The van der Waals surface area contributed by atoms with E-state index in [-0.39, 0.29) is 11.5 Å². The normalized spacial score (nSPS) is 16.2. The minimum absolute atomic E-state index is 0.124. The van der Waals surface area contributed by atoms with Crippen molar-refractivity contribution in [1.29, 1.82) is 0 Å². The molecule has 0 bridgehead atoms. The van der Waals surface area contributed by atoms with Gasteiger partial charge in [0.15, 0.2) is 16.7 Å². The summed E-state index contributed by atoms with van der Waals surface area (Å²) >= 11 is 1.29. The molecule has 2 aromatic rings. The van der Waals surface area contributed by atoms with Crippen LogP contribution >= 0.6 is 11.8 Å². The lowest BCUT2D eigenvalue weighted by Crippen LogP contribution is -2.28. The maximum atomic E-state index is 13.0. The molecular formula is C25H28N2O5S. The number of amides is 1. The Kier molecular flexibility index (Phi) is 8.16. The van der Waals surface area contributed by atoms with Gasteiger partial charge in [-0.3, -0.25) is 9.69 Å². The van der Waals surface area contributed by atoms with Gasteiger partial charge in [0.05, 0.1) is 29.4 Å². The highest BCUT2D eigenvalue weighted by Gasteiger charge is 2.32. The zero-order valence-electron chi connectivity index (χ0n) is 19.2. The molecule has 0 aromatic heterocycles. The van der Waals surface area contributed by atoms with Gasteiger partial charge in [0, 0.05) is 6.54 Å². The van der Waals surface area contributed by atoms with Crippen LogP contribution in [0.5, 0.6) is 11.5 Å². The molecule has 2 aromatic carbocycles. The van der Waals surface area contributed by atoms with Crippen molar-refractivity contribution >= 4 is 40.6 Å². The van der Waals surface area contributed by atoms with Crippen LogP contribution in [0.2, 0.25) is 0 Å². The van der Waals surface area contributed by atoms with Crippen LogP contribution in [0.15, 0.2) is 52.4 Å². The number of thioether (sulfide) groups is 1. The van der Waals surface area contributed by atoms with Crippen LogP contribution in [0, 0.1) is 5.92 Å². The summed E-state index contributed by atoms with van der Waals surface area (Å²) in [5.41, 5.74) is 1.60. The minimum Gasteiger partial charge on any atom is -0.490 e. The van der Waals surface area contributed by atoms with Crippen molar-refractivity contribution in [2.24, 2.45) is 10.9 Å². The van der Waals surface area contributed by atoms with E-state index in [0.717, 1.165) is 5.56 Å².